The van der Waals surface area contributed by atoms with Gasteiger partial charge >= 0.3 is 0 Å². The van der Waals surface area contributed by atoms with Gasteiger partial charge in [0, 0.05) is 5.92 Å². The quantitative estimate of drug-likeness (QED) is 0.714. The molecule has 0 heterocycles. The Hall–Kier alpha value is -1.25. The standard InChI is InChI=1S/C14H16F2O/c1-8-4-3-5-10(8)14(17)12-11(15)7-6-9(2)13(12)16/h6-8,10H,3-5H2,1-2H3. The molecule has 1 aliphatic carbocycles. The number of carbonyl (C=O) groups is 1. The highest BCUT2D eigenvalue weighted by Crippen LogP contribution is 2.35. The van der Waals surface area contributed by atoms with E-state index in [1.54, 1.807) is 6.92 Å². The van der Waals surface area contributed by atoms with E-state index in [9.17, 15) is 13.6 Å². The first-order chi connectivity index (χ1) is 8.02. The van der Waals surface area contributed by atoms with Crippen molar-refractivity contribution in [1.29, 1.82) is 0 Å². The molecule has 92 valence electrons. The van der Waals surface area contributed by atoms with Crippen LogP contribution in [0.4, 0.5) is 8.78 Å². The van der Waals surface area contributed by atoms with Crippen molar-refractivity contribution < 1.29 is 13.6 Å². The van der Waals surface area contributed by atoms with E-state index >= 15 is 0 Å². The normalized spacial score (nSPS) is 24.0. The zero-order valence-electron chi connectivity index (χ0n) is 10.1. The zero-order chi connectivity index (χ0) is 12.6. The smallest absolute Gasteiger partial charge is 0.172 e. The molecule has 0 radical (unpaired) electrons. The Bertz CT molecular complexity index is 454. The van der Waals surface area contributed by atoms with Crippen molar-refractivity contribution in [3.05, 3.63) is 34.9 Å². The minimum absolute atomic E-state index is 0.221. The highest BCUT2D eigenvalue weighted by Gasteiger charge is 2.33. The Labute approximate surface area is 99.8 Å². The first-order valence-corrected chi connectivity index (χ1v) is 6.01. The van der Waals surface area contributed by atoms with Gasteiger partial charge in [0.05, 0.1) is 5.56 Å². The van der Waals surface area contributed by atoms with Gasteiger partial charge in [0.1, 0.15) is 11.6 Å². The monoisotopic (exact) mass is 238 g/mol. The largest absolute Gasteiger partial charge is 0.294 e. The molecule has 1 saturated carbocycles. The third kappa shape index (κ3) is 2.11. The minimum Gasteiger partial charge on any atom is -0.294 e. The molecular weight excluding hydrogens is 222 g/mol. The first kappa shape index (κ1) is 12.2. The lowest BCUT2D eigenvalue weighted by atomic mass is 9.88. The lowest BCUT2D eigenvalue weighted by Gasteiger charge is -2.15. The summed E-state index contributed by atoms with van der Waals surface area (Å²) in [6.45, 7) is 3.52. The molecule has 1 aromatic carbocycles. The van der Waals surface area contributed by atoms with Crippen molar-refractivity contribution in [3.63, 3.8) is 0 Å². The number of hydrogen-bond donors (Lipinski definition) is 0. The molecular formula is C14H16F2O. The van der Waals surface area contributed by atoms with Crippen molar-refractivity contribution >= 4 is 5.78 Å². The van der Waals surface area contributed by atoms with E-state index in [1.807, 2.05) is 6.92 Å². The fourth-order valence-electron chi connectivity index (χ4n) is 2.60. The maximum atomic E-state index is 13.8. The van der Waals surface area contributed by atoms with E-state index in [2.05, 4.69) is 0 Å². The highest BCUT2D eigenvalue weighted by molar-refractivity contribution is 5.98. The predicted octanol–water partition coefficient (Wildman–Crippen LogP) is 3.89. The predicted molar refractivity (Wildman–Crippen MR) is 61.9 cm³/mol. The molecule has 2 unspecified atom stereocenters. The van der Waals surface area contributed by atoms with E-state index in [1.165, 1.54) is 12.1 Å². The summed E-state index contributed by atoms with van der Waals surface area (Å²) in [6.07, 6.45) is 2.67. The number of hydrogen-bond acceptors (Lipinski definition) is 1. The van der Waals surface area contributed by atoms with Crippen LogP contribution >= 0.6 is 0 Å². The number of ketones is 1. The number of aryl methyl sites for hydroxylation is 1. The van der Waals surface area contributed by atoms with Gasteiger partial charge in [0.25, 0.3) is 0 Å². The van der Waals surface area contributed by atoms with Gasteiger partial charge in [-0.2, -0.15) is 0 Å². The summed E-state index contributed by atoms with van der Waals surface area (Å²) in [5.74, 6) is -1.80. The lowest BCUT2D eigenvalue weighted by molar-refractivity contribution is 0.0888. The van der Waals surface area contributed by atoms with Crippen LogP contribution < -0.4 is 0 Å². The molecule has 1 fully saturated rings. The Kier molecular flexibility index (Phi) is 3.27. The second-order valence-corrected chi connectivity index (χ2v) is 4.93. The van der Waals surface area contributed by atoms with Gasteiger partial charge in [-0.15, -0.1) is 0 Å². The molecule has 0 saturated heterocycles. The van der Waals surface area contributed by atoms with E-state index < -0.39 is 11.6 Å². The van der Waals surface area contributed by atoms with Crippen molar-refractivity contribution in [1.82, 2.24) is 0 Å². The molecule has 1 nitrogen and oxygen atoms in total. The summed E-state index contributed by atoms with van der Waals surface area (Å²) in [4.78, 5) is 12.2. The van der Waals surface area contributed by atoms with E-state index in [0.29, 0.717) is 5.56 Å². The minimum atomic E-state index is -0.739. The van der Waals surface area contributed by atoms with Gasteiger partial charge in [-0.05, 0) is 37.3 Å². The zero-order valence-corrected chi connectivity index (χ0v) is 10.1. The molecule has 0 spiro atoms. The number of benzene rings is 1. The van der Waals surface area contributed by atoms with Gasteiger partial charge in [0.15, 0.2) is 5.78 Å². The van der Waals surface area contributed by atoms with Crippen molar-refractivity contribution in [3.8, 4) is 0 Å². The average Bonchev–Trinajstić information content (AvgIpc) is 2.70. The van der Waals surface area contributed by atoms with Crippen molar-refractivity contribution in [2.45, 2.75) is 33.1 Å². The molecule has 2 rings (SSSR count). The third-order valence-corrected chi connectivity index (χ3v) is 3.73. The fraction of sp³-hybridized carbons (Fsp3) is 0.500. The summed E-state index contributed by atoms with van der Waals surface area (Å²) >= 11 is 0. The maximum absolute atomic E-state index is 13.8. The molecule has 3 heteroatoms. The molecule has 0 bridgehead atoms. The number of rotatable bonds is 2. The van der Waals surface area contributed by atoms with E-state index in [-0.39, 0.29) is 23.2 Å². The SMILES string of the molecule is Cc1ccc(F)c(C(=O)C2CCCC2C)c1F. The summed E-state index contributed by atoms with van der Waals surface area (Å²) in [5, 5.41) is 0. The van der Waals surface area contributed by atoms with Crippen LogP contribution in [0.15, 0.2) is 12.1 Å². The van der Waals surface area contributed by atoms with Crippen molar-refractivity contribution in [2.24, 2.45) is 11.8 Å². The number of carbonyl (C=O) groups excluding carboxylic acids is 1. The number of halogens is 2. The van der Waals surface area contributed by atoms with Crippen molar-refractivity contribution in [2.75, 3.05) is 0 Å². The topological polar surface area (TPSA) is 17.1 Å². The Morgan fingerprint density at radius 1 is 1.29 bits per heavy atom. The Balaban J connectivity index is 2.40. The average molecular weight is 238 g/mol. The summed E-state index contributed by atoms with van der Waals surface area (Å²) in [6, 6.07) is 2.53. The molecule has 1 aliphatic rings. The fourth-order valence-corrected chi connectivity index (χ4v) is 2.60. The third-order valence-electron chi connectivity index (χ3n) is 3.73. The van der Waals surface area contributed by atoms with Gasteiger partial charge in [-0.25, -0.2) is 8.78 Å². The molecule has 0 amide bonds. The van der Waals surface area contributed by atoms with Crippen LogP contribution in [0.1, 0.15) is 42.1 Å². The molecule has 0 N–H and O–H groups in total. The second kappa shape index (κ2) is 4.55. The van der Waals surface area contributed by atoms with Crippen LogP contribution in [0.5, 0.6) is 0 Å². The van der Waals surface area contributed by atoms with Crippen LogP contribution in [0.3, 0.4) is 0 Å². The highest BCUT2D eigenvalue weighted by atomic mass is 19.1. The molecule has 0 aliphatic heterocycles. The van der Waals surface area contributed by atoms with Crippen LogP contribution in [0.2, 0.25) is 0 Å². The molecule has 1 aromatic rings. The van der Waals surface area contributed by atoms with E-state index in [4.69, 9.17) is 0 Å². The lowest BCUT2D eigenvalue weighted by Crippen LogP contribution is -2.20. The summed E-state index contributed by atoms with van der Waals surface area (Å²) < 4.78 is 27.4. The molecule has 2 atom stereocenters. The van der Waals surface area contributed by atoms with Gasteiger partial charge in [-0.1, -0.05) is 19.4 Å². The first-order valence-electron chi connectivity index (χ1n) is 6.01. The maximum Gasteiger partial charge on any atom is 0.172 e. The van der Waals surface area contributed by atoms with Gasteiger partial charge in [-0.3, -0.25) is 4.79 Å². The molecule has 17 heavy (non-hydrogen) atoms. The second-order valence-electron chi connectivity index (χ2n) is 4.93. The summed E-state index contributed by atoms with van der Waals surface area (Å²) in [7, 11) is 0. The van der Waals surface area contributed by atoms with Crippen LogP contribution in [-0.4, -0.2) is 5.78 Å². The summed E-state index contributed by atoms with van der Waals surface area (Å²) in [5.41, 5.74) is -0.0239. The van der Waals surface area contributed by atoms with E-state index in [0.717, 1.165) is 19.3 Å². The van der Waals surface area contributed by atoms with Crippen LogP contribution in [0, 0.1) is 30.4 Å². The van der Waals surface area contributed by atoms with Crippen LogP contribution in [-0.2, 0) is 0 Å². The van der Waals surface area contributed by atoms with Gasteiger partial charge in [0.2, 0.25) is 0 Å². The van der Waals surface area contributed by atoms with Crippen LogP contribution in [0.25, 0.3) is 0 Å². The Morgan fingerprint density at radius 3 is 2.59 bits per heavy atom. The molecule has 0 aromatic heterocycles. The van der Waals surface area contributed by atoms with Gasteiger partial charge < -0.3 is 0 Å². The Morgan fingerprint density at radius 2 is 2.00 bits per heavy atom. The number of Topliss-reactive ketones (excluding diaryl/α,β-unsaturated/α-hetero) is 1.